The van der Waals surface area contributed by atoms with Gasteiger partial charge in [-0.05, 0) is 31.2 Å². The normalized spacial score (nSPS) is 10.7. The fourth-order valence-corrected chi connectivity index (χ4v) is 2.36. The number of methoxy groups -OCH3 is 1. The largest absolute Gasteiger partial charge is 0.497 e. The van der Waals surface area contributed by atoms with Gasteiger partial charge in [-0.25, -0.2) is 4.98 Å². The molecular weight excluding hydrogens is 294 g/mol. The Morgan fingerprint density at radius 3 is 2.70 bits per heavy atom. The minimum atomic E-state index is -0.182. The summed E-state index contributed by atoms with van der Waals surface area (Å²) >= 11 is 0. The first kappa shape index (κ1) is 14.8. The van der Waals surface area contributed by atoms with E-state index in [2.05, 4.69) is 15.3 Å². The topological polar surface area (TPSA) is 95.1 Å². The fourth-order valence-electron chi connectivity index (χ4n) is 2.36. The number of aryl methyl sites for hydroxylation is 1. The van der Waals surface area contributed by atoms with Crippen LogP contribution < -0.4 is 21.2 Å². The molecule has 3 aromatic rings. The Morgan fingerprint density at radius 2 is 2.04 bits per heavy atom. The van der Waals surface area contributed by atoms with Crippen LogP contribution >= 0.6 is 0 Å². The van der Waals surface area contributed by atoms with E-state index in [1.807, 2.05) is 31.2 Å². The van der Waals surface area contributed by atoms with Gasteiger partial charge in [-0.2, -0.15) is 4.98 Å². The Kier molecular flexibility index (Phi) is 3.84. The van der Waals surface area contributed by atoms with Gasteiger partial charge in [0, 0.05) is 24.5 Å². The molecule has 0 atom stereocenters. The van der Waals surface area contributed by atoms with Gasteiger partial charge in [0.05, 0.1) is 12.5 Å². The van der Waals surface area contributed by atoms with E-state index in [-0.39, 0.29) is 5.43 Å². The van der Waals surface area contributed by atoms with Crippen molar-refractivity contribution in [2.75, 3.05) is 18.2 Å². The van der Waals surface area contributed by atoms with Gasteiger partial charge in [-0.15, -0.1) is 0 Å². The van der Waals surface area contributed by atoms with Crippen molar-refractivity contribution in [1.29, 1.82) is 0 Å². The minimum absolute atomic E-state index is 0.182. The molecule has 0 radical (unpaired) electrons. The smallest absolute Gasteiger partial charge is 0.229 e. The summed E-state index contributed by atoms with van der Waals surface area (Å²) in [6.07, 6.45) is 1.52. The number of hydrogen-bond acceptors (Lipinski definition) is 6. The molecule has 0 unspecified atom stereocenters. The number of nitrogens with zero attached hydrogens (tertiary/aromatic N) is 3. The first-order chi connectivity index (χ1) is 11.1. The van der Waals surface area contributed by atoms with Gasteiger partial charge < -0.3 is 20.4 Å². The molecule has 0 aliphatic heterocycles. The van der Waals surface area contributed by atoms with Gasteiger partial charge in [0.1, 0.15) is 11.6 Å². The molecule has 0 saturated heterocycles. The van der Waals surface area contributed by atoms with E-state index in [0.717, 1.165) is 11.4 Å². The monoisotopic (exact) mass is 311 g/mol. The van der Waals surface area contributed by atoms with Crippen LogP contribution in [-0.2, 0) is 6.54 Å². The summed E-state index contributed by atoms with van der Waals surface area (Å²) in [4.78, 5) is 20.6. The SMILES string of the molecule is CCn1c(N)cc(=O)c2cnc(Nc3ccc(OC)cc3)nc21. The van der Waals surface area contributed by atoms with Crippen molar-refractivity contribution in [3.63, 3.8) is 0 Å². The number of rotatable bonds is 4. The quantitative estimate of drug-likeness (QED) is 0.766. The second-order valence-electron chi connectivity index (χ2n) is 4.96. The molecule has 0 amide bonds. The third-order valence-electron chi connectivity index (χ3n) is 3.54. The second-order valence-corrected chi connectivity index (χ2v) is 4.96. The van der Waals surface area contributed by atoms with Crippen molar-refractivity contribution < 1.29 is 4.74 Å². The summed E-state index contributed by atoms with van der Waals surface area (Å²) < 4.78 is 6.90. The van der Waals surface area contributed by atoms with E-state index < -0.39 is 0 Å². The number of pyridine rings is 1. The molecule has 0 bridgehead atoms. The number of hydrogen-bond donors (Lipinski definition) is 2. The summed E-state index contributed by atoms with van der Waals surface area (Å²) in [5, 5.41) is 3.55. The average Bonchev–Trinajstić information content (AvgIpc) is 2.56. The van der Waals surface area contributed by atoms with Crippen LogP contribution in [-0.4, -0.2) is 21.6 Å². The number of nitrogens with one attached hydrogen (secondary N) is 1. The zero-order valence-corrected chi connectivity index (χ0v) is 12.9. The van der Waals surface area contributed by atoms with E-state index in [1.165, 1.54) is 12.3 Å². The summed E-state index contributed by atoms with van der Waals surface area (Å²) in [6.45, 7) is 2.56. The number of ether oxygens (including phenoxy) is 1. The zero-order valence-electron chi connectivity index (χ0n) is 12.9. The third-order valence-corrected chi connectivity index (χ3v) is 3.54. The van der Waals surface area contributed by atoms with E-state index in [4.69, 9.17) is 10.5 Å². The van der Waals surface area contributed by atoms with E-state index in [0.29, 0.717) is 29.3 Å². The van der Waals surface area contributed by atoms with Gasteiger partial charge in [0.25, 0.3) is 0 Å². The van der Waals surface area contributed by atoms with Gasteiger partial charge in [-0.3, -0.25) is 4.79 Å². The molecule has 0 spiro atoms. The summed E-state index contributed by atoms with van der Waals surface area (Å²) in [7, 11) is 1.61. The lowest BCUT2D eigenvalue weighted by Gasteiger charge is -2.12. The Balaban J connectivity index is 2.03. The predicted octanol–water partition coefficient (Wildman–Crippen LogP) is 2.15. The molecule has 118 valence electrons. The van der Waals surface area contributed by atoms with Crippen molar-refractivity contribution in [3.8, 4) is 5.75 Å². The molecule has 0 fully saturated rings. The minimum Gasteiger partial charge on any atom is -0.497 e. The molecule has 7 heteroatoms. The molecule has 0 aliphatic carbocycles. The standard InChI is InChI=1S/C16H17N5O2/c1-3-21-14(17)8-13(22)12-9-18-16(20-15(12)21)19-10-4-6-11(23-2)7-5-10/h4-9H,3,17H2,1-2H3,(H,18,19,20). The van der Waals surface area contributed by atoms with Crippen molar-refractivity contribution in [1.82, 2.24) is 14.5 Å². The lowest BCUT2D eigenvalue weighted by atomic mass is 10.3. The van der Waals surface area contributed by atoms with Crippen molar-refractivity contribution in [2.45, 2.75) is 13.5 Å². The fraction of sp³-hybridized carbons (Fsp3) is 0.188. The van der Waals surface area contributed by atoms with Crippen LogP contribution in [0.15, 0.2) is 41.3 Å². The number of benzene rings is 1. The Labute approximate surface area is 132 Å². The number of aromatic nitrogens is 3. The van der Waals surface area contributed by atoms with E-state index in [1.54, 1.807) is 11.7 Å². The van der Waals surface area contributed by atoms with Crippen molar-refractivity contribution >= 4 is 28.5 Å². The molecular formula is C16H17N5O2. The van der Waals surface area contributed by atoms with Crippen LogP contribution in [0.4, 0.5) is 17.5 Å². The number of fused-ring (bicyclic) bond motifs is 1. The highest BCUT2D eigenvalue weighted by atomic mass is 16.5. The van der Waals surface area contributed by atoms with Gasteiger partial charge >= 0.3 is 0 Å². The Bertz CT molecular complexity index is 903. The highest BCUT2D eigenvalue weighted by molar-refractivity contribution is 5.77. The lowest BCUT2D eigenvalue weighted by Crippen LogP contribution is -2.15. The maximum Gasteiger partial charge on any atom is 0.229 e. The highest BCUT2D eigenvalue weighted by Gasteiger charge is 2.09. The predicted molar refractivity (Wildman–Crippen MR) is 90.2 cm³/mol. The van der Waals surface area contributed by atoms with Gasteiger partial charge in [-0.1, -0.05) is 0 Å². The molecule has 2 heterocycles. The van der Waals surface area contributed by atoms with E-state index >= 15 is 0 Å². The van der Waals surface area contributed by atoms with Crippen LogP contribution in [0.25, 0.3) is 11.0 Å². The van der Waals surface area contributed by atoms with Crippen LogP contribution in [0.1, 0.15) is 6.92 Å². The lowest BCUT2D eigenvalue weighted by molar-refractivity contribution is 0.415. The number of anilines is 3. The zero-order chi connectivity index (χ0) is 16.4. The highest BCUT2D eigenvalue weighted by Crippen LogP contribution is 2.19. The maximum absolute atomic E-state index is 12.0. The van der Waals surface area contributed by atoms with E-state index in [9.17, 15) is 4.79 Å². The van der Waals surface area contributed by atoms with Crippen LogP contribution in [0, 0.1) is 0 Å². The maximum atomic E-state index is 12.0. The Morgan fingerprint density at radius 1 is 1.30 bits per heavy atom. The number of nitrogens with two attached hydrogens (primary N) is 1. The second kappa shape index (κ2) is 5.96. The van der Waals surface area contributed by atoms with Crippen molar-refractivity contribution in [2.24, 2.45) is 0 Å². The number of nitrogen functional groups attached to an aromatic ring is 1. The van der Waals surface area contributed by atoms with Crippen LogP contribution in [0.2, 0.25) is 0 Å². The molecule has 7 nitrogen and oxygen atoms in total. The Hall–Kier alpha value is -3.09. The summed E-state index contributed by atoms with van der Waals surface area (Å²) in [6, 6.07) is 8.79. The molecule has 3 rings (SSSR count). The van der Waals surface area contributed by atoms with Gasteiger partial charge in [0.2, 0.25) is 5.95 Å². The molecule has 0 aliphatic rings. The third kappa shape index (κ3) is 2.80. The first-order valence-electron chi connectivity index (χ1n) is 7.19. The van der Waals surface area contributed by atoms with Crippen LogP contribution in [0.5, 0.6) is 5.75 Å². The van der Waals surface area contributed by atoms with Crippen molar-refractivity contribution in [3.05, 3.63) is 46.8 Å². The molecule has 2 aromatic heterocycles. The molecule has 0 saturated carbocycles. The molecule has 23 heavy (non-hydrogen) atoms. The summed E-state index contributed by atoms with van der Waals surface area (Å²) in [5.41, 5.74) is 7.05. The summed E-state index contributed by atoms with van der Waals surface area (Å²) in [5.74, 6) is 1.55. The van der Waals surface area contributed by atoms with Gasteiger partial charge in [0.15, 0.2) is 11.1 Å². The first-order valence-corrected chi connectivity index (χ1v) is 7.19. The van der Waals surface area contributed by atoms with Crippen LogP contribution in [0.3, 0.4) is 0 Å². The molecule has 3 N–H and O–H groups in total. The average molecular weight is 311 g/mol. The molecule has 1 aromatic carbocycles.